The van der Waals surface area contributed by atoms with Crippen molar-refractivity contribution in [1.82, 2.24) is 14.3 Å². The second-order valence-corrected chi connectivity index (χ2v) is 6.95. The van der Waals surface area contributed by atoms with E-state index in [1.54, 1.807) is 32.3 Å². The Bertz CT molecular complexity index is 785. The fraction of sp³-hybridized carbons (Fsp3) is 0.312. The molecule has 8 heteroatoms. The summed E-state index contributed by atoms with van der Waals surface area (Å²) >= 11 is 0. The van der Waals surface area contributed by atoms with Gasteiger partial charge in [-0.2, -0.15) is 9.41 Å². The maximum Gasteiger partial charge on any atom is 0.244 e. The van der Waals surface area contributed by atoms with Crippen molar-refractivity contribution in [3.8, 4) is 0 Å². The van der Waals surface area contributed by atoms with Crippen LogP contribution in [0.4, 0.5) is 5.82 Å². The Morgan fingerprint density at radius 2 is 1.83 bits per heavy atom. The smallest absolute Gasteiger partial charge is 0.244 e. The first-order valence-corrected chi connectivity index (χ1v) is 9.10. The standard InChI is InChI=1S/C16H21N5O2S/c1-4-21(5-2)24(22,23)15-6-7-16(18-12-15)20-19-13(3)14-8-10-17-11-9-14/h6-12H,4-5H2,1-3H3,(H,18,20)/b19-13-. The Morgan fingerprint density at radius 1 is 1.17 bits per heavy atom. The molecule has 2 aromatic heterocycles. The van der Waals surface area contributed by atoms with E-state index in [1.807, 2.05) is 19.1 Å². The van der Waals surface area contributed by atoms with Crippen molar-refractivity contribution in [3.05, 3.63) is 48.4 Å². The average Bonchev–Trinajstić information content (AvgIpc) is 2.61. The first kappa shape index (κ1) is 18.0. The minimum atomic E-state index is -3.49. The van der Waals surface area contributed by atoms with E-state index in [1.165, 1.54) is 16.6 Å². The number of pyridine rings is 2. The van der Waals surface area contributed by atoms with Crippen LogP contribution >= 0.6 is 0 Å². The van der Waals surface area contributed by atoms with Crippen LogP contribution in [-0.4, -0.2) is 41.5 Å². The molecule has 0 aliphatic heterocycles. The van der Waals surface area contributed by atoms with Crippen molar-refractivity contribution in [2.75, 3.05) is 18.5 Å². The monoisotopic (exact) mass is 347 g/mol. The normalized spacial score (nSPS) is 12.4. The van der Waals surface area contributed by atoms with Crippen molar-refractivity contribution < 1.29 is 8.42 Å². The highest BCUT2D eigenvalue weighted by Gasteiger charge is 2.21. The molecule has 24 heavy (non-hydrogen) atoms. The highest BCUT2D eigenvalue weighted by Crippen LogP contribution is 2.16. The van der Waals surface area contributed by atoms with Gasteiger partial charge in [0, 0.05) is 37.2 Å². The van der Waals surface area contributed by atoms with Crippen molar-refractivity contribution in [2.24, 2.45) is 5.10 Å². The molecule has 0 saturated carbocycles. The number of hydrazone groups is 1. The molecule has 0 atom stereocenters. The molecule has 0 unspecified atom stereocenters. The Labute approximate surface area is 142 Å². The van der Waals surface area contributed by atoms with Gasteiger partial charge in [0.1, 0.15) is 10.7 Å². The summed E-state index contributed by atoms with van der Waals surface area (Å²) in [7, 11) is -3.49. The number of aromatic nitrogens is 2. The zero-order chi connectivity index (χ0) is 17.6. The number of sulfonamides is 1. The van der Waals surface area contributed by atoms with Gasteiger partial charge in [0.25, 0.3) is 0 Å². The summed E-state index contributed by atoms with van der Waals surface area (Å²) in [6.07, 6.45) is 4.73. The van der Waals surface area contributed by atoms with Crippen LogP contribution in [-0.2, 0) is 10.0 Å². The fourth-order valence-electron chi connectivity index (χ4n) is 2.11. The van der Waals surface area contributed by atoms with Crippen LogP contribution in [0, 0.1) is 0 Å². The van der Waals surface area contributed by atoms with Gasteiger partial charge in [-0.1, -0.05) is 13.8 Å². The molecule has 1 N–H and O–H groups in total. The van der Waals surface area contributed by atoms with E-state index in [2.05, 4.69) is 20.5 Å². The molecule has 0 spiro atoms. The second-order valence-electron chi connectivity index (χ2n) is 5.01. The number of nitrogens with zero attached hydrogens (tertiary/aromatic N) is 4. The molecule has 7 nitrogen and oxygen atoms in total. The second kappa shape index (κ2) is 7.98. The van der Waals surface area contributed by atoms with Gasteiger partial charge in [-0.3, -0.25) is 10.4 Å². The van der Waals surface area contributed by atoms with Gasteiger partial charge in [-0.25, -0.2) is 13.4 Å². The van der Waals surface area contributed by atoms with E-state index in [4.69, 9.17) is 0 Å². The minimum absolute atomic E-state index is 0.173. The van der Waals surface area contributed by atoms with Crippen molar-refractivity contribution in [2.45, 2.75) is 25.7 Å². The van der Waals surface area contributed by atoms with E-state index < -0.39 is 10.0 Å². The maximum absolute atomic E-state index is 12.4. The Morgan fingerprint density at radius 3 is 2.38 bits per heavy atom. The third-order valence-electron chi connectivity index (χ3n) is 3.52. The molecule has 0 fully saturated rings. The van der Waals surface area contributed by atoms with Crippen LogP contribution < -0.4 is 5.43 Å². The van der Waals surface area contributed by atoms with Crippen LogP contribution in [0.5, 0.6) is 0 Å². The molecule has 0 aliphatic rings. The SMILES string of the molecule is CCN(CC)S(=O)(=O)c1ccc(N/N=C(/C)c2ccncc2)nc1. The minimum Gasteiger partial charge on any atom is -0.265 e. The van der Waals surface area contributed by atoms with E-state index in [9.17, 15) is 8.42 Å². The lowest BCUT2D eigenvalue weighted by Crippen LogP contribution is -2.30. The van der Waals surface area contributed by atoms with Crippen molar-refractivity contribution in [3.63, 3.8) is 0 Å². The lowest BCUT2D eigenvalue weighted by atomic mass is 10.2. The van der Waals surface area contributed by atoms with Crippen molar-refractivity contribution in [1.29, 1.82) is 0 Å². The van der Waals surface area contributed by atoms with Crippen LogP contribution in [0.1, 0.15) is 26.3 Å². The van der Waals surface area contributed by atoms with E-state index in [0.29, 0.717) is 18.9 Å². The van der Waals surface area contributed by atoms with Gasteiger partial charge < -0.3 is 0 Å². The van der Waals surface area contributed by atoms with Gasteiger partial charge in [0.15, 0.2) is 0 Å². The lowest BCUT2D eigenvalue weighted by molar-refractivity contribution is 0.445. The summed E-state index contributed by atoms with van der Waals surface area (Å²) in [5, 5.41) is 4.24. The molecule has 0 amide bonds. The summed E-state index contributed by atoms with van der Waals surface area (Å²) in [4.78, 5) is 8.26. The zero-order valence-corrected chi connectivity index (χ0v) is 14.8. The topological polar surface area (TPSA) is 87.5 Å². The first-order chi connectivity index (χ1) is 11.5. The molecule has 128 valence electrons. The van der Waals surface area contributed by atoms with Crippen molar-refractivity contribution >= 4 is 21.6 Å². The fourth-order valence-corrected chi connectivity index (χ4v) is 3.51. The van der Waals surface area contributed by atoms with Crippen LogP contribution in [0.3, 0.4) is 0 Å². The van der Waals surface area contributed by atoms with E-state index in [-0.39, 0.29) is 4.90 Å². The highest BCUT2D eigenvalue weighted by atomic mass is 32.2. The van der Waals surface area contributed by atoms with Crippen LogP contribution in [0.2, 0.25) is 0 Å². The predicted molar refractivity (Wildman–Crippen MR) is 94.4 cm³/mol. The van der Waals surface area contributed by atoms with E-state index >= 15 is 0 Å². The molecule has 0 aromatic carbocycles. The molecule has 2 heterocycles. The summed E-state index contributed by atoms with van der Waals surface area (Å²) in [6.45, 7) is 6.33. The Balaban J connectivity index is 2.13. The molecule has 0 radical (unpaired) electrons. The number of anilines is 1. The quantitative estimate of drug-likeness (QED) is 0.613. The third-order valence-corrected chi connectivity index (χ3v) is 5.55. The van der Waals surface area contributed by atoms with E-state index in [0.717, 1.165) is 11.3 Å². The molecule has 0 bridgehead atoms. The highest BCUT2D eigenvalue weighted by molar-refractivity contribution is 7.89. The summed E-state index contributed by atoms with van der Waals surface area (Å²) in [5.74, 6) is 0.474. The van der Waals surface area contributed by atoms with Crippen LogP contribution in [0.25, 0.3) is 0 Å². The summed E-state index contributed by atoms with van der Waals surface area (Å²) < 4.78 is 26.2. The number of hydrogen-bond donors (Lipinski definition) is 1. The molecule has 0 saturated heterocycles. The Kier molecular flexibility index (Phi) is 5.99. The number of hydrogen-bond acceptors (Lipinski definition) is 6. The van der Waals surface area contributed by atoms with Gasteiger partial charge in [0.05, 0.1) is 5.71 Å². The molecule has 2 aromatic rings. The summed E-state index contributed by atoms with van der Waals surface area (Å²) in [5.41, 5.74) is 4.55. The van der Waals surface area contributed by atoms with Gasteiger partial charge in [0.2, 0.25) is 10.0 Å². The molecule has 0 aliphatic carbocycles. The molecular weight excluding hydrogens is 326 g/mol. The molecule has 2 rings (SSSR count). The molecular formula is C16H21N5O2S. The maximum atomic E-state index is 12.4. The Hall–Kier alpha value is -2.32. The lowest BCUT2D eigenvalue weighted by Gasteiger charge is -2.18. The van der Waals surface area contributed by atoms with Gasteiger partial charge in [-0.15, -0.1) is 0 Å². The predicted octanol–water partition coefficient (Wildman–Crippen LogP) is 2.34. The van der Waals surface area contributed by atoms with Gasteiger partial charge in [-0.05, 0) is 31.2 Å². The first-order valence-electron chi connectivity index (χ1n) is 7.66. The number of rotatable bonds is 7. The third kappa shape index (κ3) is 4.15. The summed E-state index contributed by atoms with van der Waals surface area (Å²) in [6, 6.07) is 6.83. The largest absolute Gasteiger partial charge is 0.265 e. The van der Waals surface area contributed by atoms with Crippen LogP contribution in [0.15, 0.2) is 52.9 Å². The number of nitrogens with one attached hydrogen (secondary N) is 1. The zero-order valence-electron chi connectivity index (χ0n) is 14.0. The van der Waals surface area contributed by atoms with Gasteiger partial charge >= 0.3 is 0 Å². The average molecular weight is 347 g/mol.